The summed E-state index contributed by atoms with van der Waals surface area (Å²) in [6.07, 6.45) is 0. The predicted molar refractivity (Wildman–Crippen MR) is 61.1 cm³/mol. The van der Waals surface area contributed by atoms with Gasteiger partial charge in [0.2, 0.25) is 0 Å². The Morgan fingerprint density at radius 3 is 2.44 bits per heavy atom. The van der Waals surface area contributed by atoms with E-state index in [0.717, 1.165) is 5.56 Å². The predicted octanol–water partition coefficient (Wildman–Crippen LogP) is 1.73. The van der Waals surface area contributed by atoms with Crippen molar-refractivity contribution < 1.29 is 18.3 Å². The molecule has 4 nitrogen and oxygen atoms in total. The zero-order chi connectivity index (χ0) is 12.2. The molecule has 0 amide bonds. The molecule has 1 rings (SSSR count). The number of hydrogen-bond donors (Lipinski definition) is 1. The van der Waals surface area contributed by atoms with Crippen LogP contribution in [0, 0.1) is 0 Å². The topological polar surface area (TPSA) is 63.6 Å². The first-order chi connectivity index (χ1) is 7.42. The van der Waals surface area contributed by atoms with Gasteiger partial charge in [-0.15, -0.1) is 0 Å². The van der Waals surface area contributed by atoms with Crippen LogP contribution in [-0.4, -0.2) is 20.9 Å². The minimum Gasteiger partial charge on any atom is -0.479 e. The average Bonchev–Trinajstić information content (AvgIpc) is 2.17. The number of rotatable bonds is 5. The molecule has 0 aromatic heterocycles. The van der Waals surface area contributed by atoms with Crippen molar-refractivity contribution in [2.45, 2.75) is 25.2 Å². The molecule has 5 heteroatoms. The van der Waals surface area contributed by atoms with Gasteiger partial charge in [-0.2, -0.15) is 0 Å². The normalized spacial score (nSPS) is 13.4. The fraction of sp³-hybridized carbons (Fsp3) is 0.364. The van der Waals surface area contributed by atoms with Crippen LogP contribution in [0.1, 0.15) is 19.4 Å². The first-order valence-electron chi connectivity index (χ1n) is 4.77. The maximum atomic E-state index is 11.6. The van der Waals surface area contributed by atoms with Gasteiger partial charge in [0.15, 0.2) is 16.7 Å². The van der Waals surface area contributed by atoms with Crippen molar-refractivity contribution in [3.63, 3.8) is 0 Å². The molecule has 1 unspecified atom stereocenters. The molecule has 0 saturated carbocycles. The molecule has 1 atom stereocenters. The molecule has 0 aliphatic heterocycles. The zero-order valence-corrected chi connectivity index (χ0v) is 9.99. The van der Waals surface area contributed by atoms with E-state index in [-0.39, 0.29) is 5.75 Å². The first kappa shape index (κ1) is 12.9. The second-order valence-electron chi connectivity index (χ2n) is 3.83. The summed E-state index contributed by atoms with van der Waals surface area (Å²) in [5.41, 5.74) is -0.582. The number of benzene rings is 1. The molecule has 0 saturated heterocycles. The van der Waals surface area contributed by atoms with Crippen LogP contribution in [0.4, 0.5) is 0 Å². The van der Waals surface area contributed by atoms with Gasteiger partial charge in [0, 0.05) is 0 Å². The van der Waals surface area contributed by atoms with E-state index in [1.807, 2.05) is 30.3 Å². The fourth-order valence-electron chi connectivity index (χ4n) is 1.01. The van der Waals surface area contributed by atoms with E-state index >= 15 is 0 Å². The van der Waals surface area contributed by atoms with Crippen molar-refractivity contribution in [2.75, 3.05) is 0 Å². The lowest BCUT2D eigenvalue weighted by Crippen LogP contribution is -2.35. The zero-order valence-electron chi connectivity index (χ0n) is 9.17. The van der Waals surface area contributed by atoms with Crippen molar-refractivity contribution in [3.8, 4) is 0 Å². The highest BCUT2D eigenvalue weighted by molar-refractivity contribution is 7.79. The fourth-order valence-corrected chi connectivity index (χ4v) is 2.07. The van der Waals surface area contributed by atoms with Gasteiger partial charge in [-0.3, -0.25) is 4.18 Å². The third kappa shape index (κ3) is 3.75. The quantitative estimate of drug-likeness (QED) is 0.854. The Labute approximate surface area is 96.9 Å². The van der Waals surface area contributed by atoms with E-state index in [9.17, 15) is 9.00 Å². The summed E-state index contributed by atoms with van der Waals surface area (Å²) in [4.78, 5) is 10.7. The lowest BCUT2D eigenvalue weighted by Gasteiger charge is -2.18. The highest BCUT2D eigenvalue weighted by Gasteiger charge is 2.30. The van der Waals surface area contributed by atoms with Gasteiger partial charge < -0.3 is 5.11 Å². The molecular formula is C11H14O4S. The van der Waals surface area contributed by atoms with E-state index in [2.05, 4.69) is 0 Å². The second kappa shape index (κ2) is 5.23. The molecule has 0 aliphatic carbocycles. The molecular weight excluding hydrogens is 228 g/mol. The van der Waals surface area contributed by atoms with Gasteiger partial charge >= 0.3 is 5.97 Å². The van der Waals surface area contributed by atoms with Crippen molar-refractivity contribution in [3.05, 3.63) is 35.9 Å². The molecule has 0 fully saturated rings. The highest BCUT2D eigenvalue weighted by atomic mass is 32.2. The molecule has 0 radical (unpaired) electrons. The lowest BCUT2D eigenvalue weighted by molar-refractivity contribution is -0.151. The molecule has 0 bridgehead atoms. The van der Waals surface area contributed by atoms with E-state index in [0.29, 0.717) is 0 Å². The van der Waals surface area contributed by atoms with Crippen LogP contribution >= 0.6 is 0 Å². The molecule has 1 aromatic rings. The van der Waals surface area contributed by atoms with Crippen LogP contribution in [0.3, 0.4) is 0 Å². The second-order valence-corrected chi connectivity index (χ2v) is 4.90. The van der Waals surface area contributed by atoms with Gasteiger partial charge in [0.05, 0.1) is 5.75 Å². The van der Waals surface area contributed by atoms with Crippen molar-refractivity contribution >= 4 is 17.0 Å². The summed E-state index contributed by atoms with van der Waals surface area (Å²) in [5, 5.41) is 8.80. The average molecular weight is 242 g/mol. The molecule has 1 N–H and O–H groups in total. The molecule has 0 spiro atoms. The molecule has 0 aliphatic rings. The Kier molecular flexibility index (Phi) is 4.20. The van der Waals surface area contributed by atoms with E-state index in [1.165, 1.54) is 13.8 Å². The van der Waals surface area contributed by atoms with Gasteiger partial charge in [-0.25, -0.2) is 9.00 Å². The number of carboxylic acids is 1. The van der Waals surface area contributed by atoms with Crippen molar-refractivity contribution in [1.82, 2.24) is 0 Å². The summed E-state index contributed by atoms with van der Waals surface area (Å²) >= 11 is -1.64. The van der Waals surface area contributed by atoms with Crippen LogP contribution in [0.15, 0.2) is 30.3 Å². The van der Waals surface area contributed by atoms with E-state index in [1.54, 1.807) is 0 Å². The Hall–Kier alpha value is -1.20. The van der Waals surface area contributed by atoms with Crippen LogP contribution in [0.2, 0.25) is 0 Å². The van der Waals surface area contributed by atoms with Crippen LogP contribution in [0.5, 0.6) is 0 Å². The number of aliphatic carboxylic acids is 1. The highest BCUT2D eigenvalue weighted by Crippen LogP contribution is 2.14. The Balaban J connectivity index is 2.58. The van der Waals surface area contributed by atoms with Crippen molar-refractivity contribution in [1.29, 1.82) is 0 Å². The Morgan fingerprint density at radius 1 is 1.38 bits per heavy atom. The monoisotopic (exact) mass is 242 g/mol. The molecule has 1 aromatic carbocycles. The standard InChI is InChI=1S/C11H14O4S/c1-11(2,10(12)13)15-16(14)8-9-6-4-3-5-7-9/h3-7H,8H2,1-2H3,(H,12,13). The molecule has 0 heterocycles. The van der Waals surface area contributed by atoms with Crippen LogP contribution in [0.25, 0.3) is 0 Å². The van der Waals surface area contributed by atoms with E-state index < -0.39 is 22.7 Å². The Bertz CT molecular complexity index is 386. The largest absolute Gasteiger partial charge is 0.479 e. The SMILES string of the molecule is CC(C)(OS(=O)Cc1ccccc1)C(=O)O. The summed E-state index contributed by atoms with van der Waals surface area (Å²) in [7, 11) is 0. The smallest absolute Gasteiger partial charge is 0.336 e. The third-order valence-corrected chi connectivity index (χ3v) is 3.12. The van der Waals surface area contributed by atoms with Crippen molar-refractivity contribution in [2.24, 2.45) is 0 Å². The maximum absolute atomic E-state index is 11.6. The van der Waals surface area contributed by atoms with Crippen LogP contribution in [-0.2, 0) is 25.8 Å². The molecule has 88 valence electrons. The summed E-state index contributed by atoms with van der Waals surface area (Å²) in [5.74, 6) is -0.939. The third-order valence-electron chi connectivity index (χ3n) is 1.94. The number of carbonyl (C=O) groups is 1. The van der Waals surface area contributed by atoms with Gasteiger partial charge in [-0.1, -0.05) is 30.3 Å². The summed E-state index contributed by atoms with van der Waals surface area (Å²) < 4.78 is 16.5. The lowest BCUT2D eigenvalue weighted by atomic mass is 10.1. The van der Waals surface area contributed by atoms with Gasteiger partial charge in [0.1, 0.15) is 0 Å². The van der Waals surface area contributed by atoms with Crippen LogP contribution < -0.4 is 0 Å². The summed E-state index contributed by atoms with van der Waals surface area (Å²) in [6.45, 7) is 2.75. The maximum Gasteiger partial charge on any atom is 0.336 e. The molecule has 16 heavy (non-hydrogen) atoms. The van der Waals surface area contributed by atoms with Gasteiger partial charge in [0.25, 0.3) is 0 Å². The van der Waals surface area contributed by atoms with E-state index in [4.69, 9.17) is 9.29 Å². The Morgan fingerprint density at radius 2 is 1.94 bits per heavy atom. The summed E-state index contributed by atoms with van der Waals surface area (Å²) in [6, 6.07) is 9.14. The minimum absolute atomic E-state index is 0.192. The number of hydrogen-bond acceptors (Lipinski definition) is 3. The van der Waals surface area contributed by atoms with Gasteiger partial charge in [-0.05, 0) is 19.4 Å². The number of carboxylic acid groups (broad SMARTS) is 1. The minimum atomic E-state index is -1.64. The first-order valence-corrected chi connectivity index (χ1v) is 6.01.